The lowest BCUT2D eigenvalue weighted by atomic mass is 10.1. The Bertz CT molecular complexity index is 893. The standard InChI is InChI=1S/C22H22S2/c1-2-3-4-8-11-19-12-17-13-22-18(15-21(17)23-19)14-20(24-22)16-9-6-5-7-10-16/h5-7,9-10,12-15H,2-4,8,11H2,1H3. The number of fused-ring (bicyclic) bond motifs is 2. The maximum absolute atomic E-state index is 2.41. The maximum atomic E-state index is 2.41. The molecule has 0 radical (unpaired) electrons. The average molecular weight is 351 g/mol. The van der Waals surface area contributed by atoms with Crippen molar-refractivity contribution in [3.05, 3.63) is 59.5 Å². The van der Waals surface area contributed by atoms with E-state index >= 15 is 0 Å². The van der Waals surface area contributed by atoms with Gasteiger partial charge in [-0.05, 0) is 53.4 Å². The lowest BCUT2D eigenvalue weighted by Crippen LogP contribution is -1.80. The molecule has 0 unspecified atom stereocenters. The van der Waals surface area contributed by atoms with E-state index in [9.17, 15) is 0 Å². The van der Waals surface area contributed by atoms with Gasteiger partial charge in [0.25, 0.3) is 0 Å². The van der Waals surface area contributed by atoms with Gasteiger partial charge in [0.1, 0.15) is 0 Å². The Morgan fingerprint density at radius 1 is 0.750 bits per heavy atom. The molecule has 0 atom stereocenters. The molecule has 4 aromatic rings. The molecule has 2 heterocycles. The first kappa shape index (κ1) is 15.9. The van der Waals surface area contributed by atoms with Crippen molar-refractivity contribution in [3.8, 4) is 10.4 Å². The first-order valence-corrected chi connectivity index (χ1v) is 10.5. The number of unbranched alkanes of at least 4 members (excludes halogenated alkanes) is 3. The first-order valence-electron chi connectivity index (χ1n) is 8.85. The van der Waals surface area contributed by atoms with Crippen LogP contribution in [0.2, 0.25) is 0 Å². The highest BCUT2D eigenvalue weighted by atomic mass is 32.1. The van der Waals surface area contributed by atoms with Gasteiger partial charge in [-0.1, -0.05) is 56.5 Å². The van der Waals surface area contributed by atoms with E-state index < -0.39 is 0 Å². The Morgan fingerprint density at radius 2 is 1.50 bits per heavy atom. The Morgan fingerprint density at radius 3 is 2.29 bits per heavy atom. The molecule has 0 amide bonds. The van der Waals surface area contributed by atoms with Gasteiger partial charge in [0, 0.05) is 19.2 Å². The van der Waals surface area contributed by atoms with Gasteiger partial charge in [-0.3, -0.25) is 0 Å². The molecule has 0 nitrogen and oxygen atoms in total. The molecule has 0 saturated heterocycles. The van der Waals surface area contributed by atoms with Crippen LogP contribution in [0.15, 0.2) is 54.6 Å². The van der Waals surface area contributed by atoms with Crippen LogP contribution in [0.1, 0.15) is 37.5 Å². The van der Waals surface area contributed by atoms with Crippen LogP contribution >= 0.6 is 22.7 Å². The molecule has 0 aliphatic heterocycles. The third kappa shape index (κ3) is 3.26. The quantitative estimate of drug-likeness (QED) is 0.310. The van der Waals surface area contributed by atoms with Crippen molar-refractivity contribution in [2.45, 2.75) is 39.0 Å². The SMILES string of the molecule is CCCCCCc1cc2cc3sc(-c4ccccc4)cc3cc2s1. The van der Waals surface area contributed by atoms with Crippen molar-refractivity contribution in [2.24, 2.45) is 0 Å². The summed E-state index contributed by atoms with van der Waals surface area (Å²) in [5, 5.41) is 2.80. The van der Waals surface area contributed by atoms with Crippen molar-refractivity contribution in [2.75, 3.05) is 0 Å². The predicted octanol–water partition coefficient (Wildman–Crippen LogP) is 7.91. The Kier molecular flexibility index (Phi) is 4.68. The lowest BCUT2D eigenvalue weighted by molar-refractivity contribution is 0.670. The van der Waals surface area contributed by atoms with Gasteiger partial charge in [-0.15, -0.1) is 22.7 Å². The molecule has 0 N–H and O–H groups in total. The molecule has 0 aliphatic carbocycles. The van der Waals surface area contributed by atoms with E-state index in [1.54, 1.807) is 4.88 Å². The molecule has 24 heavy (non-hydrogen) atoms. The van der Waals surface area contributed by atoms with Crippen LogP contribution in [0.3, 0.4) is 0 Å². The minimum absolute atomic E-state index is 1.24. The zero-order valence-electron chi connectivity index (χ0n) is 14.0. The van der Waals surface area contributed by atoms with Gasteiger partial charge in [-0.2, -0.15) is 0 Å². The van der Waals surface area contributed by atoms with E-state index in [-0.39, 0.29) is 0 Å². The van der Waals surface area contributed by atoms with Crippen LogP contribution < -0.4 is 0 Å². The van der Waals surface area contributed by atoms with E-state index in [1.165, 1.54) is 62.7 Å². The summed E-state index contributed by atoms with van der Waals surface area (Å²) in [5.74, 6) is 0. The highest BCUT2D eigenvalue weighted by molar-refractivity contribution is 7.23. The lowest BCUT2D eigenvalue weighted by Gasteiger charge is -1.96. The summed E-state index contributed by atoms with van der Waals surface area (Å²) in [6.07, 6.45) is 6.60. The fourth-order valence-corrected chi connectivity index (χ4v) is 5.46. The first-order chi connectivity index (χ1) is 11.8. The summed E-state index contributed by atoms with van der Waals surface area (Å²) in [5.41, 5.74) is 1.32. The summed E-state index contributed by atoms with van der Waals surface area (Å²) in [6.45, 7) is 2.27. The van der Waals surface area contributed by atoms with E-state index in [2.05, 4.69) is 61.5 Å². The predicted molar refractivity (Wildman–Crippen MR) is 110 cm³/mol. The largest absolute Gasteiger partial charge is 0.140 e. The summed E-state index contributed by atoms with van der Waals surface area (Å²) < 4.78 is 2.84. The topological polar surface area (TPSA) is 0 Å². The smallest absolute Gasteiger partial charge is 0.0356 e. The van der Waals surface area contributed by atoms with E-state index in [0.29, 0.717) is 0 Å². The van der Waals surface area contributed by atoms with Gasteiger partial charge < -0.3 is 0 Å². The molecule has 122 valence electrons. The molecule has 0 aliphatic rings. The van der Waals surface area contributed by atoms with Crippen LogP contribution in [0.25, 0.3) is 30.6 Å². The van der Waals surface area contributed by atoms with Crippen molar-refractivity contribution in [1.29, 1.82) is 0 Å². The molecular weight excluding hydrogens is 328 g/mol. The molecule has 4 rings (SSSR count). The normalized spacial score (nSPS) is 11.5. The van der Waals surface area contributed by atoms with Crippen LogP contribution in [0, 0.1) is 0 Å². The monoisotopic (exact) mass is 350 g/mol. The fourth-order valence-electron chi connectivity index (χ4n) is 3.22. The minimum Gasteiger partial charge on any atom is -0.140 e. The number of thiophene rings is 2. The third-order valence-electron chi connectivity index (χ3n) is 4.54. The van der Waals surface area contributed by atoms with Crippen molar-refractivity contribution in [1.82, 2.24) is 0 Å². The molecule has 0 bridgehead atoms. The summed E-state index contributed by atoms with van der Waals surface area (Å²) in [4.78, 5) is 2.91. The Labute approximate surface area is 151 Å². The maximum Gasteiger partial charge on any atom is 0.0356 e. The third-order valence-corrected chi connectivity index (χ3v) is 6.85. The van der Waals surface area contributed by atoms with E-state index in [0.717, 1.165) is 0 Å². The van der Waals surface area contributed by atoms with Gasteiger partial charge >= 0.3 is 0 Å². The molecule has 0 spiro atoms. The average Bonchev–Trinajstić information content (AvgIpc) is 3.20. The molecular formula is C22H22S2. The number of benzene rings is 2. The molecule has 2 heteroatoms. The summed E-state index contributed by atoms with van der Waals surface area (Å²) in [7, 11) is 0. The summed E-state index contributed by atoms with van der Waals surface area (Å²) in [6, 6.07) is 20.2. The zero-order chi connectivity index (χ0) is 16.4. The van der Waals surface area contributed by atoms with E-state index in [1.807, 2.05) is 22.7 Å². The summed E-state index contributed by atoms with van der Waals surface area (Å²) >= 11 is 3.88. The van der Waals surface area contributed by atoms with Gasteiger partial charge in [0.2, 0.25) is 0 Å². The van der Waals surface area contributed by atoms with Crippen molar-refractivity contribution in [3.63, 3.8) is 0 Å². The molecule has 2 aromatic carbocycles. The second-order valence-corrected chi connectivity index (χ2v) is 8.68. The number of hydrogen-bond acceptors (Lipinski definition) is 2. The van der Waals surface area contributed by atoms with Crippen molar-refractivity contribution < 1.29 is 0 Å². The highest BCUT2D eigenvalue weighted by Crippen LogP contribution is 2.38. The number of rotatable bonds is 6. The molecule has 2 aromatic heterocycles. The second kappa shape index (κ2) is 7.08. The minimum atomic E-state index is 1.24. The second-order valence-electron chi connectivity index (χ2n) is 6.43. The van der Waals surface area contributed by atoms with E-state index in [4.69, 9.17) is 0 Å². The zero-order valence-corrected chi connectivity index (χ0v) is 15.7. The Hall–Kier alpha value is -1.64. The van der Waals surface area contributed by atoms with Crippen molar-refractivity contribution >= 4 is 42.8 Å². The number of aryl methyl sites for hydroxylation is 1. The molecule has 0 saturated carbocycles. The fraction of sp³-hybridized carbons (Fsp3) is 0.273. The number of hydrogen-bond donors (Lipinski definition) is 0. The van der Waals surface area contributed by atoms with Gasteiger partial charge in [0.05, 0.1) is 0 Å². The van der Waals surface area contributed by atoms with Gasteiger partial charge in [0.15, 0.2) is 0 Å². The molecule has 0 fully saturated rings. The highest BCUT2D eigenvalue weighted by Gasteiger charge is 2.08. The van der Waals surface area contributed by atoms with Crippen LogP contribution in [-0.4, -0.2) is 0 Å². The van der Waals surface area contributed by atoms with Gasteiger partial charge in [-0.25, -0.2) is 0 Å². The van der Waals surface area contributed by atoms with Crippen LogP contribution in [-0.2, 0) is 6.42 Å². The Balaban J connectivity index is 1.62. The van der Waals surface area contributed by atoms with Crippen LogP contribution in [0.4, 0.5) is 0 Å². The van der Waals surface area contributed by atoms with Crippen LogP contribution in [0.5, 0.6) is 0 Å².